The van der Waals surface area contributed by atoms with Crippen LogP contribution in [0.5, 0.6) is 0 Å². The number of fused-ring (bicyclic) bond motifs is 3. The first kappa shape index (κ1) is 10.4. The summed E-state index contributed by atoms with van der Waals surface area (Å²) < 4.78 is 5.40. The molecular formula is C14H16N2O. The van der Waals surface area contributed by atoms with Gasteiger partial charge in [0.1, 0.15) is 0 Å². The Hall–Kier alpha value is -1.77. The van der Waals surface area contributed by atoms with Crippen molar-refractivity contribution in [2.75, 3.05) is 0 Å². The monoisotopic (exact) mass is 228 g/mol. The molecule has 0 amide bonds. The van der Waals surface area contributed by atoms with E-state index in [0.717, 1.165) is 16.7 Å². The highest BCUT2D eigenvalue weighted by Gasteiger charge is 2.21. The topological polar surface area (TPSA) is 41.8 Å². The lowest BCUT2D eigenvalue weighted by molar-refractivity contribution is 0.449. The number of rotatable bonds is 0. The van der Waals surface area contributed by atoms with Crippen LogP contribution in [0.4, 0.5) is 0 Å². The maximum absolute atomic E-state index is 5.40. The van der Waals surface area contributed by atoms with Crippen LogP contribution in [0.1, 0.15) is 32.0 Å². The van der Waals surface area contributed by atoms with Crippen molar-refractivity contribution in [3.8, 4) is 0 Å². The fourth-order valence-corrected chi connectivity index (χ4v) is 2.41. The zero-order valence-electron chi connectivity index (χ0n) is 10.6. The van der Waals surface area contributed by atoms with Crippen LogP contribution in [0.15, 0.2) is 22.9 Å². The number of hydrogen-bond acceptors (Lipinski definition) is 2. The average molecular weight is 228 g/mol. The van der Waals surface area contributed by atoms with E-state index in [-0.39, 0.29) is 5.41 Å². The van der Waals surface area contributed by atoms with Crippen molar-refractivity contribution in [1.29, 1.82) is 0 Å². The molecule has 2 aromatic heterocycles. The van der Waals surface area contributed by atoms with Crippen molar-refractivity contribution in [1.82, 2.24) is 10.1 Å². The smallest absolute Gasteiger partial charge is 0.168 e. The summed E-state index contributed by atoms with van der Waals surface area (Å²) in [4.78, 5) is 3.33. The summed E-state index contributed by atoms with van der Waals surface area (Å²) in [7, 11) is 0. The molecule has 2 heterocycles. The molecule has 0 aliphatic rings. The number of hydrogen-bond donors (Lipinski definition) is 1. The van der Waals surface area contributed by atoms with Crippen LogP contribution in [-0.2, 0) is 5.41 Å². The van der Waals surface area contributed by atoms with Gasteiger partial charge in [-0.3, -0.25) is 0 Å². The van der Waals surface area contributed by atoms with Gasteiger partial charge in [-0.2, -0.15) is 0 Å². The highest BCUT2D eigenvalue weighted by atomic mass is 16.5. The Balaban J connectivity index is 2.54. The molecule has 3 heteroatoms. The van der Waals surface area contributed by atoms with Crippen LogP contribution in [0.2, 0.25) is 0 Å². The van der Waals surface area contributed by atoms with Crippen molar-refractivity contribution >= 4 is 21.9 Å². The third kappa shape index (κ3) is 1.38. The Morgan fingerprint density at radius 1 is 1.29 bits per heavy atom. The van der Waals surface area contributed by atoms with Gasteiger partial charge in [-0.25, -0.2) is 0 Å². The molecule has 0 saturated carbocycles. The standard InChI is InChI=1S/C14H16N2O/c1-8-12-9-5-6-15-13(9)10(14(2,3)4)7-11(12)17-16-8/h5-7,15H,1-4H3. The minimum atomic E-state index is 0.0813. The summed E-state index contributed by atoms with van der Waals surface area (Å²) >= 11 is 0. The van der Waals surface area contributed by atoms with Gasteiger partial charge in [0.2, 0.25) is 0 Å². The molecule has 0 aliphatic heterocycles. The van der Waals surface area contributed by atoms with Gasteiger partial charge in [-0.15, -0.1) is 0 Å². The van der Waals surface area contributed by atoms with E-state index in [4.69, 9.17) is 4.52 Å². The zero-order chi connectivity index (χ0) is 12.2. The summed E-state index contributed by atoms with van der Waals surface area (Å²) in [6.07, 6.45) is 1.98. The van der Waals surface area contributed by atoms with Gasteiger partial charge in [-0.1, -0.05) is 25.9 Å². The van der Waals surface area contributed by atoms with Crippen LogP contribution in [-0.4, -0.2) is 10.1 Å². The van der Waals surface area contributed by atoms with Crippen LogP contribution < -0.4 is 0 Å². The maximum Gasteiger partial charge on any atom is 0.168 e. The van der Waals surface area contributed by atoms with Gasteiger partial charge in [0.05, 0.1) is 16.6 Å². The minimum Gasteiger partial charge on any atom is -0.361 e. The summed E-state index contributed by atoms with van der Waals surface area (Å²) in [6, 6.07) is 4.20. The van der Waals surface area contributed by atoms with Crippen molar-refractivity contribution in [3.05, 3.63) is 29.6 Å². The summed E-state index contributed by atoms with van der Waals surface area (Å²) in [6.45, 7) is 8.60. The lowest BCUT2D eigenvalue weighted by Gasteiger charge is -2.19. The summed E-state index contributed by atoms with van der Waals surface area (Å²) in [5, 5.41) is 6.38. The Morgan fingerprint density at radius 3 is 2.76 bits per heavy atom. The molecule has 3 aromatic rings. The molecule has 88 valence electrons. The van der Waals surface area contributed by atoms with Crippen LogP contribution in [0.3, 0.4) is 0 Å². The van der Waals surface area contributed by atoms with Gasteiger partial charge in [-0.05, 0) is 30.0 Å². The molecule has 1 N–H and O–H groups in total. The molecule has 3 nitrogen and oxygen atoms in total. The van der Waals surface area contributed by atoms with Crippen LogP contribution >= 0.6 is 0 Å². The van der Waals surface area contributed by atoms with Gasteiger partial charge in [0.15, 0.2) is 5.58 Å². The highest BCUT2D eigenvalue weighted by Crippen LogP contribution is 2.35. The van der Waals surface area contributed by atoms with E-state index in [1.807, 2.05) is 13.1 Å². The second-order valence-electron chi connectivity index (χ2n) is 5.58. The number of aryl methyl sites for hydroxylation is 1. The first-order valence-corrected chi connectivity index (χ1v) is 5.85. The highest BCUT2D eigenvalue weighted by molar-refractivity contribution is 6.07. The van der Waals surface area contributed by atoms with E-state index in [2.05, 4.69) is 43.0 Å². The molecule has 3 rings (SSSR count). The van der Waals surface area contributed by atoms with Crippen LogP contribution in [0.25, 0.3) is 21.9 Å². The van der Waals surface area contributed by atoms with E-state index in [9.17, 15) is 0 Å². The Kier molecular flexibility index (Phi) is 1.91. The van der Waals surface area contributed by atoms with Crippen molar-refractivity contribution in [2.45, 2.75) is 33.1 Å². The third-order valence-electron chi connectivity index (χ3n) is 3.26. The van der Waals surface area contributed by atoms with Crippen molar-refractivity contribution in [3.63, 3.8) is 0 Å². The predicted octanol–water partition coefficient (Wildman–Crippen LogP) is 3.92. The van der Waals surface area contributed by atoms with E-state index < -0.39 is 0 Å². The third-order valence-corrected chi connectivity index (χ3v) is 3.26. The quantitative estimate of drug-likeness (QED) is 0.633. The van der Waals surface area contributed by atoms with E-state index >= 15 is 0 Å². The van der Waals surface area contributed by atoms with E-state index in [1.54, 1.807) is 0 Å². The molecular weight excluding hydrogens is 212 g/mol. The lowest BCUT2D eigenvalue weighted by atomic mass is 9.85. The molecule has 0 atom stereocenters. The predicted molar refractivity (Wildman–Crippen MR) is 69.3 cm³/mol. The lowest BCUT2D eigenvalue weighted by Crippen LogP contribution is -2.11. The molecule has 1 aromatic carbocycles. The number of H-pyrrole nitrogens is 1. The molecule has 0 radical (unpaired) electrons. The molecule has 0 saturated heterocycles. The first-order chi connectivity index (χ1) is 7.98. The van der Waals surface area contributed by atoms with E-state index in [0.29, 0.717) is 0 Å². The maximum atomic E-state index is 5.40. The Bertz CT molecular complexity index is 698. The molecule has 0 aliphatic carbocycles. The molecule has 0 unspecified atom stereocenters. The molecule has 0 bridgehead atoms. The second kappa shape index (κ2) is 3.13. The Morgan fingerprint density at radius 2 is 2.06 bits per heavy atom. The minimum absolute atomic E-state index is 0.0813. The van der Waals surface area contributed by atoms with Crippen molar-refractivity contribution in [2.24, 2.45) is 0 Å². The summed E-state index contributed by atoms with van der Waals surface area (Å²) in [5.41, 5.74) is 4.36. The molecule has 17 heavy (non-hydrogen) atoms. The fraction of sp³-hybridized carbons (Fsp3) is 0.357. The number of benzene rings is 1. The first-order valence-electron chi connectivity index (χ1n) is 5.85. The van der Waals surface area contributed by atoms with Crippen molar-refractivity contribution < 1.29 is 4.52 Å². The largest absolute Gasteiger partial charge is 0.361 e. The molecule has 0 spiro atoms. The molecule has 0 fully saturated rings. The van der Waals surface area contributed by atoms with Gasteiger partial charge < -0.3 is 9.51 Å². The van der Waals surface area contributed by atoms with Gasteiger partial charge in [0, 0.05) is 11.6 Å². The number of aromatic amines is 1. The Labute approximate surface area is 99.8 Å². The van der Waals surface area contributed by atoms with Gasteiger partial charge in [0.25, 0.3) is 0 Å². The number of aromatic nitrogens is 2. The SMILES string of the molecule is Cc1noc2cc(C(C)(C)C)c3[nH]ccc3c12. The average Bonchev–Trinajstić information content (AvgIpc) is 2.81. The fourth-order valence-electron chi connectivity index (χ4n) is 2.41. The normalized spacial score (nSPS) is 12.7. The van der Waals surface area contributed by atoms with Crippen LogP contribution in [0, 0.1) is 6.92 Å². The number of nitrogens with zero attached hydrogens (tertiary/aromatic N) is 1. The van der Waals surface area contributed by atoms with Gasteiger partial charge >= 0.3 is 0 Å². The number of nitrogens with one attached hydrogen (secondary N) is 1. The van der Waals surface area contributed by atoms with E-state index in [1.165, 1.54) is 16.5 Å². The zero-order valence-corrected chi connectivity index (χ0v) is 10.6. The summed E-state index contributed by atoms with van der Waals surface area (Å²) in [5.74, 6) is 0. The second-order valence-corrected chi connectivity index (χ2v) is 5.58.